The van der Waals surface area contributed by atoms with Crippen LogP contribution < -0.4 is 4.74 Å². The number of hydrogen-bond donors (Lipinski definition) is 0. The lowest BCUT2D eigenvalue weighted by molar-refractivity contribution is -0.500. The normalized spacial score (nSPS) is 11.9. The van der Waals surface area contributed by atoms with Gasteiger partial charge in [0.1, 0.15) is 5.75 Å². The van der Waals surface area contributed by atoms with Crippen molar-refractivity contribution >= 4 is 5.78 Å². The highest BCUT2D eigenvalue weighted by atomic mass is 16.6. The van der Waals surface area contributed by atoms with Gasteiger partial charge in [0.25, 0.3) is 6.04 Å². The van der Waals surface area contributed by atoms with Gasteiger partial charge in [-0.1, -0.05) is 0 Å². The van der Waals surface area contributed by atoms with Gasteiger partial charge in [-0.25, -0.2) is 0 Å². The minimum absolute atomic E-state index is 0.319. The average Bonchev–Trinajstić information content (AvgIpc) is 2.27. The van der Waals surface area contributed by atoms with Crippen LogP contribution in [0.15, 0.2) is 24.3 Å². The van der Waals surface area contributed by atoms with Crippen molar-refractivity contribution in [2.45, 2.75) is 13.0 Å². The maximum Gasteiger partial charge on any atom is 0.272 e. The number of carbonyl (C=O) groups excluding carboxylic acids is 1. The molecule has 0 heterocycles. The van der Waals surface area contributed by atoms with Crippen molar-refractivity contribution in [1.29, 1.82) is 0 Å². The Bertz CT molecular complexity index is 372. The molecule has 0 fully saturated rings. The third kappa shape index (κ3) is 2.52. The third-order valence-electron chi connectivity index (χ3n) is 2.07. The van der Waals surface area contributed by atoms with E-state index in [1.807, 2.05) is 0 Å². The summed E-state index contributed by atoms with van der Waals surface area (Å²) in [6.07, 6.45) is 0. The van der Waals surface area contributed by atoms with Crippen LogP contribution in [0.3, 0.4) is 0 Å². The molecule has 5 heteroatoms. The number of ketones is 1. The Balaban J connectivity index is 2.87. The largest absolute Gasteiger partial charge is 0.497 e. The first-order valence-corrected chi connectivity index (χ1v) is 4.38. The average molecular weight is 209 g/mol. The second-order valence-corrected chi connectivity index (χ2v) is 3.05. The molecule has 0 spiro atoms. The first kappa shape index (κ1) is 11.2. The monoisotopic (exact) mass is 209 g/mol. The number of ether oxygens (including phenoxy) is 1. The molecule has 0 aliphatic rings. The summed E-state index contributed by atoms with van der Waals surface area (Å²) in [4.78, 5) is 21.3. The molecule has 0 bridgehead atoms. The van der Waals surface area contributed by atoms with Gasteiger partial charge >= 0.3 is 0 Å². The Labute approximate surface area is 86.8 Å². The van der Waals surface area contributed by atoms with E-state index in [1.165, 1.54) is 26.2 Å². The fourth-order valence-electron chi connectivity index (χ4n) is 1.09. The summed E-state index contributed by atoms with van der Waals surface area (Å²) in [5, 5.41) is 10.4. The van der Waals surface area contributed by atoms with E-state index >= 15 is 0 Å². The molecule has 1 rings (SSSR count). The van der Waals surface area contributed by atoms with E-state index in [1.54, 1.807) is 12.1 Å². The molecule has 1 aromatic rings. The highest BCUT2D eigenvalue weighted by molar-refractivity contribution is 5.99. The zero-order valence-electron chi connectivity index (χ0n) is 8.47. The summed E-state index contributed by atoms with van der Waals surface area (Å²) >= 11 is 0. The Morgan fingerprint density at radius 1 is 1.40 bits per heavy atom. The van der Waals surface area contributed by atoms with Gasteiger partial charge in [0.05, 0.1) is 7.11 Å². The first-order valence-electron chi connectivity index (χ1n) is 4.38. The highest BCUT2D eigenvalue weighted by Gasteiger charge is 2.24. The van der Waals surface area contributed by atoms with Crippen LogP contribution in [0.1, 0.15) is 17.3 Å². The molecule has 80 valence electrons. The predicted molar refractivity (Wildman–Crippen MR) is 53.8 cm³/mol. The van der Waals surface area contributed by atoms with Crippen molar-refractivity contribution < 1.29 is 14.5 Å². The van der Waals surface area contributed by atoms with Crippen molar-refractivity contribution in [3.63, 3.8) is 0 Å². The van der Waals surface area contributed by atoms with Crippen molar-refractivity contribution in [3.8, 4) is 5.75 Å². The topological polar surface area (TPSA) is 69.4 Å². The number of rotatable bonds is 4. The number of benzene rings is 1. The summed E-state index contributed by atoms with van der Waals surface area (Å²) in [7, 11) is 1.51. The van der Waals surface area contributed by atoms with Gasteiger partial charge in [-0.15, -0.1) is 0 Å². The predicted octanol–water partition coefficient (Wildman–Crippen LogP) is 1.54. The smallest absolute Gasteiger partial charge is 0.272 e. The number of nitrogens with zero attached hydrogens (tertiary/aromatic N) is 1. The van der Waals surface area contributed by atoms with E-state index in [-0.39, 0.29) is 0 Å². The molecule has 0 saturated carbocycles. The van der Waals surface area contributed by atoms with Crippen LogP contribution in [0.25, 0.3) is 0 Å². The molecule has 0 aromatic heterocycles. The van der Waals surface area contributed by atoms with Crippen molar-refractivity contribution in [3.05, 3.63) is 39.9 Å². The van der Waals surface area contributed by atoms with E-state index in [0.717, 1.165) is 0 Å². The Kier molecular flexibility index (Phi) is 3.38. The second-order valence-electron chi connectivity index (χ2n) is 3.05. The van der Waals surface area contributed by atoms with Gasteiger partial charge in [-0.05, 0) is 24.3 Å². The maximum atomic E-state index is 11.5. The lowest BCUT2D eigenvalue weighted by atomic mass is 10.1. The lowest BCUT2D eigenvalue weighted by Crippen LogP contribution is -2.25. The molecule has 15 heavy (non-hydrogen) atoms. The Morgan fingerprint density at radius 3 is 2.33 bits per heavy atom. The fraction of sp³-hybridized carbons (Fsp3) is 0.300. The molecule has 0 radical (unpaired) electrons. The zero-order valence-corrected chi connectivity index (χ0v) is 8.47. The summed E-state index contributed by atoms with van der Waals surface area (Å²) in [6.45, 7) is 1.27. The minimum Gasteiger partial charge on any atom is -0.497 e. The van der Waals surface area contributed by atoms with Crippen LogP contribution >= 0.6 is 0 Å². The summed E-state index contributed by atoms with van der Waals surface area (Å²) < 4.78 is 4.91. The van der Waals surface area contributed by atoms with Crippen molar-refractivity contribution in [2.24, 2.45) is 0 Å². The summed E-state index contributed by atoms with van der Waals surface area (Å²) in [6, 6.07) is 5.01. The summed E-state index contributed by atoms with van der Waals surface area (Å²) in [5.74, 6) is 0.114. The Hall–Kier alpha value is -1.91. The van der Waals surface area contributed by atoms with Gasteiger partial charge in [0, 0.05) is 17.4 Å². The van der Waals surface area contributed by atoms with Crippen LogP contribution in [0.2, 0.25) is 0 Å². The number of methoxy groups -OCH3 is 1. The molecule has 1 aromatic carbocycles. The van der Waals surface area contributed by atoms with E-state index in [2.05, 4.69) is 0 Å². The van der Waals surface area contributed by atoms with Crippen LogP contribution in [0.4, 0.5) is 0 Å². The van der Waals surface area contributed by atoms with Crippen LogP contribution in [-0.2, 0) is 0 Å². The molecule has 0 amide bonds. The standard InChI is InChI=1S/C10H11NO4/c1-7(11(13)14)10(12)8-3-5-9(15-2)6-4-8/h3-7H,1-2H3. The number of carbonyl (C=O) groups is 1. The van der Waals surface area contributed by atoms with Crippen LogP contribution in [-0.4, -0.2) is 23.9 Å². The molecule has 0 saturated heterocycles. The molecular weight excluding hydrogens is 198 g/mol. The molecule has 0 N–H and O–H groups in total. The molecule has 0 aliphatic carbocycles. The van der Waals surface area contributed by atoms with Crippen LogP contribution in [0, 0.1) is 10.1 Å². The molecule has 1 atom stereocenters. The van der Waals surface area contributed by atoms with Gasteiger partial charge in [-0.2, -0.15) is 0 Å². The quantitative estimate of drug-likeness (QED) is 0.428. The number of Topliss-reactive ketones (excluding diaryl/α,β-unsaturated/α-hetero) is 1. The second kappa shape index (κ2) is 4.54. The molecular formula is C10H11NO4. The number of hydrogen-bond acceptors (Lipinski definition) is 4. The SMILES string of the molecule is COc1ccc(C(=O)C(C)[N+](=O)[O-])cc1. The van der Waals surface area contributed by atoms with Crippen LogP contribution in [0.5, 0.6) is 5.75 Å². The van der Waals surface area contributed by atoms with Crippen molar-refractivity contribution in [2.75, 3.05) is 7.11 Å². The fourth-order valence-corrected chi connectivity index (χ4v) is 1.09. The van der Waals surface area contributed by atoms with E-state index in [0.29, 0.717) is 11.3 Å². The summed E-state index contributed by atoms with van der Waals surface area (Å²) in [5.41, 5.74) is 0.319. The van der Waals surface area contributed by atoms with Gasteiger partial charge in [0.2, 0.25) is 5.78 Å². The van der Waals surface area contributed by atoms with Gasteiger partial charge < -0.3 is 4.74 Å². The van der Waals surface area contributed by atoms with E-state index in [9.17, 15) is 14.9 Å². The van der Waals surface area contributed by atoms with Crippen molar-refractivity contribution in [1.82, 2.24) is 0 Å². The highest BCUT2D eigenvalue weighted by Crippen LogP contribution is 2.13. The maximum absolute atomic E-state index is 11.5. The first-order chi connectivity index (χ1) is 7.06. The Morgan fingerprint density at radius 2 is 1.93 bits per heavy atom. The molecule has 1 unspecified atom stereocenters. The van der Waals surface area contributed by atoms with E-state index in [4.69, 9.17) is 4.74 Å². The zero-order chi connectivity index (χ0) is 11.4. The van der Waals surface area contributed by atoms with Gasteiger partial charge in [-0.3, -0.25) is 14.9 Å². The minimum atomic E-state index is -1.21. The lowest BCUT2D eigenvalue weighted by Gasteiger charge is -2.04. The molecule has 5 nitrogen and oxygen atoms in total. The van der Waals surface area contributed by atoms with E-state index < -0.39 is 16.7 Å². The van der Waals surface area contributed by atoms with Gasteiger partial charge in [0.15, 0.2) is 0 Å². The third-order valence-corrected chi connectivity index (χ3v) is 2.07. The number of nitro groups is 1. The molecule has 0 aliphatic heterocycles.